The third-order valence-corrected chi connectivity index (χ3v) is 7.70. The molecule has 170 valence electrons. The number of hydrogen-bond donors (Lipinski definition) is 1. The summed E-state index contributed by atoms with van der Waals surface area (Å²) in [6.45, 7) is 0.659. The van der Waals surface area contributed by atoms with Gasteiger partial charge in [0.1, 0.15) is 5.75 Å². The summed E-state index contributed by atoms with van der Waals surface area (Å²) < 4.78 is 39.2. The average molecular weight is 460 g/mol. The summed E-state index contributed by atoms with van der Waals surface area (Å²) >= 11 is 0. The van der Waals surface area contributed by atoms with Crippen LogP contribution in [0.15, 0.2) is 56.6 Å². The van der Waals surface area contributed by atoms with Crippen molar-refractivity contribution in [2.45, 2.75) is 24.2 Å². The quantitative estimate of drug-likeness (QED) is 0.607. The first-order chi connectivity index (χ1) is 15.3. The number of methoxy groups -OCH3 is 1. The molecule has 3 aromatic rings. The number of piperidine rings is 1. The first kappa shape index (κ1) is 22.1. The maximum absolute atomic E-state index is 13.1. The van der Waals surface area contributed by atoms with E-state index < -0.39 is 15.8 Å². The molecule has 0 atom stereocenters. The van der Waals surface area contributed by atoms with Crippen LogP contribution in [0, 0.1) is 5.92 Å². The van der Waals surface area contributed by atoms with Gasteiger partial charge in [0.15, 0.2) is 5.58 Å². The molecule has 4 rings (SSSR count). The number of carbonyl (C=O) groups excluding carboxylic acids is 1. The highest BCUT2D eigenvalue weighted by molar-refractivity contribution is 7.89. The molecule has 0 aliphatic carbocycles. The summed E-state index contributed by atoms with van der Waals surface area (Å²) in [6, 6.07) is 11.6. The third kappa shape index (κ3) is 4.42. The smallest absolute Gasteiger partial charge is 0.419 e. The van der Waals surface area contributed by atoms with Crippen molar-refractivity contribution < 1.29 is 22.4 Å². The van der Waals surface area contributed by atoms with Gasteiger partial charge in [0.25, 0.3) is 0 Å². The number of aryl methyl sites for hydroxylation is 1. The maximum Gasteiger partial charge on any atom is 0.419 e. The van der Waals surface area contributed by atoms with E-state index in [2.05, 4.69) is 5.32 Å². The fourth-order valence-corrected chi connectivity index (χ4v) is 5.44. The maximum atomic E-state index is 13.1. The number of sulfonamides is 1. The Kier molecular flexibility index (Phi) is 6.07. The molecule has 1 aliphatic rings. The number of benzene rings is 2. The molecule has 1 aromatic heterocycles. The van der Waals surface area contributed by atoms with E-state index in [1.165, 1.54) is 21.0 Å². The Labute approximate surface area is 185 Å². The van der Waals surface area contributed by atoms with Gasteiger partial charge in [-0.3, -0.25) is 9.36 Å². The van der Waals surface area contributed by atoms with Gasteiger partial charge in [0.05, 0.1) is 17.5 Å². The fraction of sp³-hybridized carbons (Fsp3) is 0.364. The average Bonchev–Trinajstić information content (AvgIpc) is 3.07. The van der Waals surface area contributed by atoms with Crippen LogP contribution in [0.5, 0.6) is 5.75 Å². The van der Waals surface area contributed by atoms with E-state index in [0.717, 1.165) is 0 Å². The van der Waals surface area contributed by atoms with Crippen LogP contribution in [0.25, 0.3) is 11.1 Å². The van der Waals surface area contributed by atoms with Gasteiger partial charge in [-0.25, -0.2) is 13.2 Å². The van der Waals surface area contributed by atoms with Gasteiger partial charge in [-0.1, -0.05) is 6.07 Å². The summed E-state index contributed by atoms with van der Waals surface area (Å²) in [5, 5.41) is 2.87. The molecule has 0 radical (unpaired) electrons. The normalized spacial score (nSPS) is 15.7. The molecule has 0 saturated carbocycles. The van der Waals surface area contributed by atoms with Gasteiger partial charge < -0.3 is 14.5 Å². The lowest BCUT2D eigenvalue weighted by atomic mass is 9.94. The van der Waals surface area contributed by atoms with E-state index in [1.807, 2.05) is 0 Å². The number of oxazole rings is 1. The second kappa shape index (κ2) is 8.79. The SMILES string of the molecule is COc1cccc(NC(=O)CC2CCN(S(=O)(=O)c3ccc4c(c3)oc(=O)n4C)CC2)c1. The lowest BCUT2D eigenvalue weighted by molar-refractivity contribution is -0.117. The molecule has 32 heavy (non-hydrogen) atoms. The number of anilines is 1. The number of nitrogens with one attached hydrogen (secondary N) is 1. The number of ether oxygens (including phenoxy) is 1. The molecule has 0 bridgehead atoms. The van der Waals surface area contributed by atoms with Crippen LogP contribution in [0.1, 0.15) is 19.3 Å². The lowest BCUT2D eigenvalue weighted by Crippen LogP contribution is -2.39. The molecule has 1 aliphatic heterocycles. The zero-order chi connectivity index (χ0) is 22.9. The second-order valence-electron chi connectivity index (χ2n) is 7.89. The molecule has 1 amide bonds. The zero-order valence-electron chi connectivity index (χ0n) is 17.9. The summed E-state index contributed by atoms with van der Waals surface area (Å²) in [7, 11) is -0.585. The number of fused-ring (bicyclic) bond motifs is 1. The Morgan fingerprint density at radius 3 is 2.66 bits per heavy atom. The topological polar surface area (TPSA) is 111 Å². The van der Waals surface area contributed by atoms with Crippen LogP contribution < -0.4 is 15.8 Å². The van der Waals surface area contributed by atoms with Crippen molar-refractivity contribution in [1.29, 1.82) is 0 Å². The van der Waals surface area contributed by atoms with Gasteiger partial charge in [0, 0.05) is 44.4 Å². The van der Waals surface area contributed by atoms with Crippen molar-refractivity contribution in [2.24, 2.45) is 13.0 Å². The van der Waals surface area contributed by atoms with E-state index in [0.29, 0.717) is 49.3 Å². The number of rotatable bonds is 6. The van der Waals surface area contributed by atoms with Crippen molar-refractivity contribution in [3.8, 4) is 5.75 Å². The Hall–Kier alpha value is -3.11. The molecule has 2 aromatic carbocycles. The van der Waals surface area contributed by atoms with Crippen LogP contribution >= 0.6 is 0 Å². The van der Waals surface area contributed by atoms with Crippen LogP contribution in [0.3, 0.4) is 0 Å². The molecule has 0 unspecified atom stereocenters. The number of hydrogen-bond acceptors (Lipinski definition) is 6. The number of nitrogens with zero attached hydrogens (tertiary/aromatic N) is 2. The first-order valence-electron chi connectivity index (χ1n) is 10.3. The number of amides is 1. The van der Waals surface area contributed by atoms with Crippen molar-refractivity contribution in [1.82, 2.24) is 8.87 Å². The summed E-state index contributed by atoms with van der Waals surface area (Å²) in [6.07, 6.45) is 1.51. The number of aromatic nitrogens is 1. The van der Waals surface area contributed by atoms with Gasteiger partial charge >= 0.3 is 5.76 Å². The summed E-state index contributed by atoms with van der Waals surface area (Å²) in [5.74, 6) is 0.114. The summed E-state index contributed by atoms with van der Waals surface area (Å²) in [4.78, 5) is 24.2. The minimum Gasteiger partial charge on any atom is -0.497 e. The van der Waals surface area contributed by atoms with Crippen LogP contribution in [0.2, 0.25) is 0 Å². The van der Waals surface area contributed by atoms with Gasteiger partial charge in [-0.15, -0.1) is 0 Å². The van der Waals surface area contributed by atoms with Gasteiger partial charge in [-0.05, 0) is 43.0 Å². The Morgan fingerprint density at radius 2 is 1.94 bits per heavy atom. The van der Waals surface area contributed by atoms with E-state index in [-0.39, 0.29) is 22.3 Å². The van der Waals surface area contributed by atoms with Crippen molar-refractivity contribution >= 4 is 32.7 Å². The van der Waals surface area contributed by atoms with Gasteiger partial charge in [0.2, 0.25) is 15.9 Å². The van der Waals surface area contributed by atoms with E-state index >= 15 is 0 Å². The Morgan fingerprint density at radius 1 is 1.19 bits per heavy atom. The Bertz CT molecular complexity index is 1300. The monoisotopic (exact) mass is 459 g/mol. The molecular formula is C22H25N3O6S. The Balaban J connectivity index is 1.37. The molecule has 1 fully saturated rings. The van der Waals surface area contributed by atoms with Crippen LogP contribution in [-0.4, -0.2) is 43.4 Å². The van der Waals surface area contributed by atoms with Crippen molar-refractivity contribution in [3.05, 3.63) is 53.0 Å². The van der Waals surface area contributed by atoms with Crippen LogP contribution in [0.4, 0.5) is 5.69 Å². The highest BCUT2D eigenvalue weighted by Gasteiger charge is 2.30. The van der Waals surface area contributed by atoms with Crippen molar-refractivity contribution in [3.63, 3.8) is 0 Å². The second-order valence-corrected chi connectivity index (χ2v) is 9.83. The zero-order valence-corrected chi connectivity index (χ0v) is 18.7. The standard InChI is InChI=1S/C22H25N3O6S/c1-24-19-7-6-18(14-20(19)31-22(24)27)32(28,29)25-10-8-15(9-11-25)12-21(26)23-16-4-3-5-17(13-16)30-2/h3-7,13-15H,8-12H2,1-2H3,(H,23,26). The highest BCUT2D eigenvalue weighted by Crippen LogP contribution is 2.28. The molecule has 1 saturated heterocycles. The van der Waals surface area contributed by atoms with Crippen LogP contribution in [-0.2, 0) is 21.9 Å². The van der Waals surface area contributed by atoms with E-state index in [9.17, 15) is 18.0 Å². The van der Waals surface area contributed by atoms with E-state index in [1.54, 1.807) is 44.5 Å². The molecular weight excluding hydrogens is 434 g/mol. The molecule has 9 nitrogen and oxygen atoms in total. The fourth-order valence-electron chi connectivity index (χ4n) is 3.95. The van der Waals surface area contributed by atoms with Gasteiger partial charge in [-0.2, -0.15) is 4.31 Å². The predicted octanol–water partition coefficient (Wildman–Crippen LogP) is 2.57. The molecule has 2 heterocycles. The van der Waals surface area contributed by atoms with E-state index in [4.69, 9.17) is 9.15 Å². The predicted molar refractivity (Wildman–Crippen MR) is 119 cm³/mol. The molecule has 10 heteroatoms. The first-order valence-corrected chi connectivity index (χ1v) is 11.8. The number of carbonyl (C=O) groups is 1. The minimum atomic E-state index is -3.72. The highest BCUT2D eigenvalue weighted by atomic mass is 32.2. The molecule has 0 spiro atoms. The molecule has 1 N–H and O–H groups in total. The summed E-state index contributed by atoms with van der Waals surface area (Å²) in [5.41, 5.74) is 1.44. The van der Waals surface area contributed by atoms with Crippen molar-refractivity contribution in [2.75, 3.05) is 25.5 Å². The lowest BCUT2D eigenvalue weighted by Gasteiger charge is -2.31. The largest absolute Gasteiger partial charge is 0.497 e. The third-order valence-electron chi connectivity index (χ3n) is 5.80. The minimum absolute atomic E-state index is 0.0913.